The van der Waals surface area contributed by atoms with E-state index in [0.717, 1.165) is 38.2 Å². The van der Waals surface area contributed by atoms with E-state index in [1.54, 1.807) is 19.2 Å². The van der Waals surface area contributed by atoms with E-state index in [4.69, 9.17) is 0 Å². The Bertz CT molecular complexity index is 1430. The van der Waals surface area contributed by atoms with Crippen molar-refractivity contribution in [3.63, 3.8) is 0 Å². The van der Waals surface area contributed by atoms with Gasteiger partial charge < -0.3 is 0 Å². The fraction of sp³-hybridized carbons (Fsp3) is 0.370. The number of fused-ring (bicyclic) bond motifs is 1. The summed E-state index contributed by atoms with van der Waals surface area (Å²) >= 11 is 0. The van der Waals surface area contributed by atoms with Crippen LogP contribution in [0.2, 0.25) is 0 Å². The maximum Gasteiger partial charge on any atom is 0.418 e. The van der Waals surface area contributed by atoms with Crippen LogP contribution in [0.15, 0.2) is 59.9 Å². The minimum atomic E-state index is -4.55. The molecule has 0 unspecified atom stereocenters. The van der Waals surface area contributed by atoms with Gasteiger partial charge in [-0.2, -0.15) is 13.2 Å². The van der Waals surface area contributed by atoms with Crippen LogP contribution in [0.1, 0.15) is 72.5 Å². The molecule has 0 bridgehead atoms. The van der Waals surface area contributed by atoms with Gasteiger partial charge in [0.15, 0.2) is 5.65 Å². The maximum absolute atomic E-state index is 13.4. The summed E-state index contributed by atoms with van der Waals surface area (Å²) in [6.07, 6.45) is 3.70. The van der Waals surface area contributed by atoms with Crippen LogP contribution in [-0.2, 0) is 12.7 Å². The lowest BCUT2D eigenvalue weighted by Crippen LogP contribution is -2.29. The molecular weight excluding hydrogens is 505 g/mol. The molecule has 11 heteroatoms. The molecule has 0 spiro atoms. The molecule has 0 amide bonds. The molecule has 1 aliphatic carbocycles. The smallest absolute Gasteiger partial charge is 0.285 e. The zero-order valence-electron chi connectivity index (χ0n) is 20.6. The molecule has 1 fully saturated rings. The number of hydrogen-bond acceptors (Lipinski definition) is 5. The maximum atomic E-state index is 13.4. The Balaban J connectivity index is 0.000000317. The highest BCUT2D eigenvalue weighted by Crippen LogP contribution is 2.33. The number of pyridine rings is 3. The lowest BCUT2D eigenvalue weighted by Gasteiger charge is -2.23. The first-order valence-electron chi connectivity index (χ1n) is 12.2. The zero-order valence-corrected chi connectivity index (χ0v) is 20.6. The van der Waals surface area contributed by atoms with E-state index in [2.05, 4.69) is 19.9 Å². The van der Waals surface area contributed by atoms with E-state index in [9.17, 15) is 26.7 Å². The van der Waals surface area contributed by atoms with Gasteiger partial charge in [0.1, 0.15) is 5.52 Å². The molecule has 5 rings (SSSR count). The highest BCUT2D eigenvalue weighted by Gasteiger charge is 2.34. The average Bonchev–Trinajstić information content (AvgIpc) is 2.91. The number of nitrogens with zero attached hydrogens (tertiary/aromatic N) is 5. The Morgan fingerprint density at radius 2 is 1.74 bits per heavy atom. The van der Waals surface area contributed by atoms with Crippen LogP contribution in [0.3, 0.4) is 0 Å². The molecule has 0 radical (unpaired) electrons. The molecule has 38 heavy (non-hydrogen) atoms. The summed E-state index contributed by atoms with van der Waals surface area (Å²) in [6, 6.07) is 6.59. The van der Waals surface area contributed by atoms with Gasteiger partial charge in [-0.25, -0.2) is 13.8 Å². The molecule has 0 atom stereocenters. The lowest BCUT2D eigenvalue weighted by molar-refractivity contribution is -0.138. The summed E-state index contributed by atoms with van der Waals surface area (Å²) in [7, 11) is 0. The molecule has 200 valence electrons. The van der Waals surface area contributed by atoms with Gasteiger partial charge in [0, 0.05) is 35.9 Å². The number of aromatic nitrogens is 5. The van der Waals surface area contributed by atoms with Gasteiger partial charge in [-0.15, -0.1) is 0 Å². The van der Waals surface area contributed by atoms with Crippen molar-refractivity contribution in [3.05, 3.63) is 93.6 Å². The Morgan fingerprint density at radius 3 is 2.37 bits per heavy atom. The van der Waals surface area contributed by atoms with Gasteiger partial charge in [-0.1, -0.05) is 19.3 Å². The van der Waals surface area contributed by atoms with Crippen molar-refractivity contribution in [3.8, 4) is 0 Å². The van der Waals surface area contributed by atoms with Crippen LogP contribution >= 0.6 is 0 Å². The molecule has 0 aliphatic heterocycles. The van der Waals surface area contributed by atoms with Crippen LogP contribution in [0.25, 0.3) is 11.2 Å². The van der Waals surface area contributed by atoms with Gasteiger partial charge in [-0.3, -0.25) is 24.3 Å². The number of hydrogen-bond donors (Lipinski definition) is 0. The van der Waals surface area contributed by atoms with Gasteiger partial charge >= 0.3 is 6.18 Å². The van der Waals surface area contributed by atoms with Gasteiger partial charge in [0.2, 0.25) is 0 Å². The summed E-state index contributed by atoms with van der Waals surface area (Å²) < 4.78 is 65.1. The first-order valence-corrected chi connectivity index (χ1v) is 12.2. The van der Waals surface area contributed by atoms with Crippen molar-refractivity contribution in [2.75, 3.05) is 0 Å². The second-order valence-corrected chi connectivity index (χ2v) is 9.12. The highest BCUT2D eigenvalue weighted by molar-refractivity contribution is 5.71. The summed E-state index contributed by atoms with van der Waals surface area (Å²) in [5, 5.41) is 0. The molecule has 4 heterocycles. The van der Waals surface area contributed by atoms with E-state index in [1.165, 1.54) is 41.4 Å². The minimum absolute atomic E-state index is 0.0185. The first kappa shape index (κ1) is 27.3. The second-order valence-electron chi connectivity index (χ2n) is 9.12. The quantitative estimate of drug-likeness (QED) is 0.277. The second kappa shape index (κ2) is 11.7. The highest BCUT2D eigenvalue weighted by atomic mass is 19.4. The van der Waals surface area contributed by atoms with Crippen LogP contribution in [0, 0.1) is 6.92 Å². The van der Waals surface area contributed by atoms with E-state index in [0.29, 0.717) is 16.8 Å². The molecule has 0 N–H and O–H groups in total. The van der Waals surface area contributed by atoms with E-state index in [1.807, 2.05) is 0 Å². The van der Waals surface area contributed by atoms with E-state index >= 15 is 0 Å². The first-order chi connectivity index (χ1) is 18.1. The van der Waals surface area contributed by atoms with Crippen molar-refractivity contribution in [2.45, 2.75) is 64.1 Å². The Kier molecular flexibility index (Phi) is 8.43. The molecule has 1 aliphatic rings. The Morgan fingerprint density at radius 1 is 1.03 bits per heavy atom. The van der Waals surface area contributed by atoms with Crippen LogP contribution in [0.4, 0.5) is 22.0 Å². The van der Waals surface area contributed by atoms with Crippen LogP contribution in [-0.4, -0.2) is 24.5 Å². The van der Waals surface area contributed by atoms with Gasteiger partial charge in [0.05, 0.1) is 23.5 Å². The molecule has 4 aromatic heterocycles. The van der Waals surface area contributed by atoms with E-state index < -0.39 is 18.2 Å². The number of alkyl halides is 5. The van der Waals surface area contributed by atoms with Crippen LogP contribution in [0.5, 0.6) is 0 Å². The molecule has 4 aromatic rings. The third kappa shape index (κ3) is 6.38. The lowest BCUT2D eigenvalue weighted by atomic mass is 9.84. The monoisotopic (exact) mass is 531 g/mol. The summed E-state index contributed by atoms with van der Waals surface area (Å²) in [5.74, 6) is 0.0980. The van der Waals surface area contributed by atoms with Crippen molar-refractivity contribution in [1.82, 2.24) is 24.5 Å². The molecular formula is C27H26F5N5O. The predicted octanol–water partition coefficient (Wildman–Crippen LogP) is 6.63. The van der Waals surface area contributed by atoms with E-state index in [-0.39, 0.29) is 34.9 Å². The largest absolute Gasteiger partial charge is 0.418 e. The predicted molar refractivity (Wildman–Crippen MR) is 132 cm³/mol. The SMILES string of the molecule is Cc1cnc2cc(C3CCCCC3)c(=O)n(Cc3ncccc3C(F)(F)F)c2n1.FC(F)c1ccncc1. The standard InChI is InChI=1S/C21H21F3N4O.C6H5F2N/c1-13-11-26-17-10-15(14-6-3-2-4-7-14)20(29)28(19(17)27-13)12-18-16(21(22,23)24)8-5-9-25-18;7-6(8)5-1-3-9-4-2-5/h5,8-11,14H,2-4,6-7,12H2,1H3;1-4,6H. The number of aryl methyl sites for hydroxylation is 1. The van der Waals surface area contributed by atoms with Crippen molar-refractivity contribution >= 4 is 11.2 Å². The third-order valence-corrected chi connectivity index (χ3v) is 6.45. The van der Waals surface area contributed by atoms with Crippen molar-refractivity contribution < 1.29 is 22.0 Å². The molecule has 6 nitrogen and oxygen atoms in total. The van der Waals surface area contributed by atoms with Crippen molar-refractivity contribution in [1.29, 1.82) is 0 Å². The molecule has 0 saturated heterocycles. The summed E-state index contributed by atoms with van der Waals surface area (Å²) in [4.78, 5) is 29.7. The zero-order chi connectivity index (χ0) is 27.3. The molecule has 0 aromatic carbocycles. The fourth-order valence-electron chi connectivity index (χ4n) is 4.57. The van der Waals surface area contributed by atoms with Crippen molar-refractivity contribution in [2.24, 2.45) is 0 Å². The summed E-state index contributed by atoms with van der Waals surface area (Å²) in [6.45, 7) is 1.43. The molecule has 1 saturated carbocycles. The average molecular weight is 532 g/mol. The topological polar surface area (TPSA) is 73.6 Å². The summed E-state index contributed by atoms with van der Waals surface area (Å²) in [5.41, 5.74) is 0.672. The minimum Gasteiger partial charge on any atom is -0.285 e. The number of rotatable bonds is 4. The Hall–Kier alpha value is -3.76. The normalized spacial score (nSPS) is 14.4. The van der Waals surface area contributed by atoms with Gasteiger partial charge in [0.25, 0.3) is 12.0 Å². The number of halogens is 5. The van der Waals surface area contributed by atoms with Crippen LogP contribution < -0.4 is 5.56 Å². The van der Waals surface area contributed by atoms with Gasteiger partial charge in [-0.05, 0) is 56.0 Å². The fourth-order valence-corrected chi connectivity index (χ4v) is 4.57. The Labute approximate surface area is 215 Å². The third-order valence-electron chi connectivity index (χ3n) is 6.45.